The van der Waals surface area contributed by atoms with Crippen LogP contribution in [-0.4, -0.2) is 63.9 Å². The van der Waals surface area contributed by atoms with E-state index in [4.69, 9.17) is 4.98 Å². The first kappa shape index (κ1) is 36.5. The normalized spacial score (nSPS) is 14.0. The summed E-state index contributed by atoms with van der Waals surface area (Å²) in [4.78, 5) is 48.7. The van der Waals surface area contributed by atoms with E-state index in [1.807, 2.05) is 54.3 Å². The van der Waals surface area contributed by atoms with Crippen LogP contribution < -0.4 is 16.2 Å². The van der Waals surface area contributed by atoms with Gasteiger partial charge in [-0.25, -0.2) is 4.98 Å². The van der Waals surface area contributed by atoms with Crippen molar-refractivity contribution in [3.8, 4) is 11.3 Å². The Balaban J connectivity index is 1.26. The summed E-state index contributed by atoms with van der Waals surface area (Å²) in [6, 6.07) is 20.5. The molecule has 1 fully saturated rings. The molecule has 1 aliphatic rings. The van der Waals surface area contributed by atoms with Crippen LogP contribution in [0.2, 0.25) is 0 Å². The third-order valence-corrected chi connectivity index (χ3v) is 10.1. The van der Waals surface area contributed by atoms with E-state index in [1.165, 1.54) is 4.57 Å². The van der Waals surface area contributed by atoms with Crippen LogP contribution in [0.15, 0.2) is 77.7 Å². The standard InChI is InChI=1S/C41H52N6O3/c1-9-41(6,7)21-22-46-23-25-47(26-24-46)38(49)30-15-19-32(20-16-30)42-36-39(50)45(8)27-35(43-36)33-11-10-12-34(28(33)2)44-37(48)29-13-17-31(18-14-29)40(3,4)5/h10-20,27H,9,21-26H2,1-8H3,(H,42,43)(H,44,48). The quantitative estimate of drug-likeness (QED) is 0.179. The van der Waals surface area contributed by atoms with Crippen molar-refractivity contribution in [3.05, 3.63) is 106 Å². The lowest BCUT2D eigenvalue weighted by atomic mass is 9.86. The molecule has 0 bridgehead atoms. The van der Waals surface area contributed by atoms with Crippen molar-refractivity contribution in [2.24, 2.45) is 12.5 Å². The summed E-state index contributed by atoms with van der Waals surface area (Å²) in [7, 11) is 1.69. The second kappa shape index (κ2) is 15.0. The zero-order valence-corrected chi connectivity index (χ0v) is 30.9. The molecule has 5 rings (SSSR count). The molecule has 50 heavy (non-hydrogen) atoms. The maximum atomic E-state index is 13.3. The number of carbonyl (C=O) groups excluding carboxylic acids is 2. The highest BCUT2D eigenvalue weighted by Gasteiger charge is 2.24. The first-order valence-electron chi connectivity index (χ1n) is 17.6. The van der Waals surface area contributed by atoms with Gasteiger partial charge in [-0.3, -0.25) is 19.3 Å². The van der Waals surface area contributed by atoms with Gasteiger partial charge in [0.15, 0.2) is 5.82 Å². The van der Waals surface area contributed by atoms with Crippen molar-refractivity contribution in [1.29, 1.82) is 0 Å². The monoisotopic (exact) mass is 676 g/mol. The Bertz CT molecular complexity index is 1880. The van der Waals surface area contributed by atoms with Crippen molar-refractivity contribution in [1.82, 2.24) is 19.4 Å². The number of nitrogens with one attached hydrogen (secondary N) is 2. The van der Waals surface area contributed by atoms with Gasteiger partial charge in [-0.15, -0.1) is 0 Å². The first-order valence-corrected chi connectivity index (χ1v) is 17.6. The number of hydrogen-bond donors (Lipinski definition) is 2. The number of carbonyl (C=O) groups is 2. The Hall–Kier alpha value is -4.76. The molecular formula is C41H52N6O3. The van der Waals surface area contributed by atoms with E-state index in [9.17, 15) is 14.4 Å². The van der Waals surface area contributed by atoms with Crippen molar-refractivity contribution in [2.75, 3.05) is 43.4 Å². The minimum Gasteiger partial charge on any atom is -0.336 e. The second-order valence-corrected chi connectivity index (χ2v) is 15.3. The lowest BCUT2D eigenvalue weighted by Gasteiger charge is -2.36. The lowest BCUT2D eigenvalue weighted by Crippen LogP contribution is -2.49. The van der Waals surface area contributed by atoms with Gasteiger partial charge in [0.25, 0.3) is 17.4 Å². The number of aromatic nitrogens is 2. The predicted molar refractivity (Wildman–Crippen MR) is 204 cm³/mol. The van der Waals surface area contributed by atoms with Crippen molar-refractivity contribution >= 4 is 29.0 Å². The molecule has 264 valence electrons. The molecule has 2 heterocycles. The Kier molecular flexibility index (Phi) is 11.0. The van der Waals surface area contributed by atoms with Gasteiger partial charge in [-0.05, 0) is 84.3 Å². The number of hydrogen-bond acceptors (Lipinski definition) is 6. The van der Waals surface area contributed by atoms with Crippen LogP contribution in [0.5, 0.6) is 0 Å². The molecule has 9 heteroatoms. The molecule has 0 radical (unpaired) electrons. The summed E-state index contributed by atoms with van der Waals surface area (Å²) >= 11 is 0. The third-order valence-electron chi connectivity index (χ3n) is 10.1. The van der Waals surface area contributed by atoms with Crippen molar-refractivity contribution in [3.63, 3.8) is 0 Å². The smallest absolute Gasteiger partial charge is 0.293 e. The first-order chi connectivity index (χ1) is 23.6. The van der Waals surface area contributed by atoms with E-state index >= 15 is 0 Å². The summed E-state index contributed by atoms with van der Waals surface area (Å²) in [5.41, 5.74) is 5.94. The van der Waals surface area contributed by atoms with Crippen molar-refractivity contribution < 1.29 is 9.59 Å². The number of piperazine rings is 1. The number of rotatable bonds is 10. The molecule has 3 aromatic carbocycles. The molecule has 0 atom stereocenters. The number of benzene rings is 3. The van der Waals surface area contributed by atoms with Gasteiger partial charge in [0, 0.05) is 67.5 Å². The van der Waals surface area contributed by atoms with Gasteiger partial charge < -0.3 is 20.1 Å². The Labute approximate surface area is 296 Å². The van der Waals surface area contributed by atoms with E-state index in [0.717, 1.165) is 49.2 Å². The number of amides is 2. The topological polar surface area (TPSA) is 99.6 Å². The summed E-state index contributed by atoms with van der Waals surface area (Å²) < 4.78 is 1.49. The number of anilines is 3. The molecule has 0 saturated carbocycles. The average Bonchev–Trinajstić information content (AvgIpc) is 3.10. The molecule has 1 aliphatic heterocycles. The van der Waals surface area contributed by atoms with Crippen LogP contribution in [0, 0.1) is 12.3 Å². The van der Waals surface area contributed by atoms with Gasteiger partial charge in [-0.1, -0.05) is 72.2 Å². The van der Waals surface area contributed by atoms with E-state index in [2.05, 4.69) is 57.1 Å². The van der Waals surface area contributed by atoms with Gasteiger partial charge in [-0.2, -0.15) is 0 Å². The zero-order valence-electron chi connectivity index (χ0n) is 30.9. The Morgan fingerprint density at radius 1 is 0.860 bits per heavy atom. The molecule has 0 spiro atoms. The van der Waals surface area contributed by atoms with Crippen LogP contribution in [-0.2, 0) is 12.5 Å². The molecule has 0 unspecified atom stereocenters. The number of nitrogens with zero attached hydrogens (tertiary/aromatic N) is 4. The van der Waals surface area contributed by atoms with E-state index < -0.39 is 0 Å². The van der Waals surface area contributed by atoms with E-state index in [0.29, 0.717) is 46.7 Å². The maximum Gasteiger partial charge on any atom is 0.293 e. The van der Waals surface area contributed by atoms with Gasteiger partial charge in [0.1, 0.15) is 0 Å². The SMILES string of the molecule is CCC(C)(C)CCN1CCN(C(=O)c2ccc(Nc3nc(-c4cccc(NC(=O)c5ccc(C(C)(C)C)cc5)c4C)cn(C)c3=O)cc2)CC1. The van der Waals surface area contributed by atoms with Crippen LogP contribution in [0.25, 0.3) is 11.3 Å². The predicted octanol–water partition coefficient (Wildman–Crippen LogP) is 7.63. The highest BCUT2D eigenvalue weighted by atomic mass is 16.2. The van der Waals surface area contributed by atoms with Crippen LogP contribution >= 0.6 is 0 Å². The summed E-state index contributed by atoms with van der Waals surface area (Å²) in [5.74, 6) is -0.0121. The summed E-state index contributed by atoms with van der Waals surface area (Å²) in [6.45, 7) is 19.5. The van der Waals surface area contributed by atoms with Crippen LogP contribution in [0.4, 0.5) is 17.2 Å². The highest BCUT2D eigenvalue weighted by Crippen LogP contribution is 2.29. The molecular weight excluding hydrogens is 624 g/mol. The Morgan fingerprint density at radius 3 is 2.12 bits per heavy atom. The minimum atomic E-state index is -0.282. The van der Waals surface area contributed by atoms with Gasteiger partial charge in [0.2, 0.25) is 0 Å². The molecule has 1 aromatic heterocycles. The summed E-state index contributed by atoms with van der Waals surface area (Å²) in [5, 5.41) is 6.21. The van der Waals surface area contributed by atoms with E-state index in [1.54, 1.807) is 37.5 Å². The second-order valence-electron chi connectivity index (χ2n) is 15.3. The van der Waals surface area contributed by atoms with Gasteiger partial charge >= 0.3 is 0 Å². The van der Waals surface area contributed by atoms with Crippen molar-refractivity contribution in [2.45, 2.75) is 66.7 Å². The largest absolute Gasteiger partial charge is 0.336 e. The molecule has 2 amide bonds. The van der Waals surface area contributed by atoms with Crippen LogP contribution in [0.1, 0.15) is 86.2 Å². The zero-order chi connectivity index (χ0) is 36.2. The number of aryl methyl sites for hydroxylation is 1. The molecule has 1 saturated heterocycles. The fourth-order valence-electron chi connectivity index (χ4n) is 6.01. The fourth-order valence-corrected chi connectivity index (χ4v) is 6.01. The average molecular weight is 677 g/mol. The maximum absolute atomic E-state index is 13.3. The van der Waals surface area contributed by atoms with Crippen LogP contribution in [0.3, 0.4) is 0 Å². The Morgan fingerprint density at radius 2 is 1.50 bits per heavy atom. The molecule has 9 nitrogen and oxygen atoms in total. The summed E-state index contributed by atoms with van der Waals surface area (Å²) in [6.07, 6.45) is 4.01. The fraction of sp³-hybridized carbons (Fsp3) is 0.415. The van der Waals surface area contributed by atoms with Gasteiger partial charge in [0.05, 0.1) is 5.69 Å². The lowest BCUT2D eigenvalue weighted by molar-refractivity contribution is 0.0620. The van der Waals surface area contributed by atoms with E-state index in [-0.39, 0.29) is 28.6 Å². The molecule has 0 aliphatic carbocycles. The minimum absolute atomic E-state index is 0.000579. The molecule has 2 N–H and O–H groups in total. The highest BCUT2D eigenvalue weighted by molar-refractivity contribution is 6.05. The third kappa shape index (κ3) is 8.69. The molecule has 4 aromatic rings.